The number of hydrogen-bond acceptors (Lipinski definition) is 3. The molecule has 16 heavy (non-hydrogen) atoms. The maximum Gasteiger partial charge on any atom is 2.00 e. The van der Waals surface area contributed by atoms with Gasteiger partial charge in [0.1, 0.15) is 0 Å². The van der Waals surface area contributed by atoms with Crippen LogP contribution in [0, 0.1) is 20.7 Å². The molecule has 0 fully saturated rings. The third kappa shape index (κ3) is 18.0. The SMILES string of the molecule is [CH2-]c1n[c-]nc(CCC)n1.[CH3-].[W+2].[Y].[Y].[Y].[Y]. The van der Waals surface area contributed by atoms with Gasteiger partial charge in [-0.15, -0.1) is 5.82 Å². The molecule has 0 bridgehead atoms. The number of nitrogens with zero attached hydrogens (tertiary/aromatic N) is 3. The van der Waals surface area contributed by atoms with Gasteiger partial charge >= 0.3 is 21.1 Å². The molecule has 0 spiro atoms. The fourth-order valence-electron chi connectivity index (χ4n) is 0.675. The Morgan fingerprint density at radius 2 is 1.62 bits per heavy atom. The molecule has 1 aromatic rings. The number of aromatic nitrogens is 3. The topological polar surface area (TPSA) is 38.7 Å². The second-order valence-electron chi connectivity index (χ2n) is 2.02. The quantitative estimate of drug-likeness (QED) is 0.440. The van der Waals surface area contributed by atoms with Gasteiger partial charge in [-0.3, -0.25) is 0 Å². The van der Waals surface area contributed by atoms with E-state index in [1.165, 1.54) is 0 Å². The Kier molecular flexibility index (Phi) is 55.3. The first kappa shape index (κ1) is 36.8. The van der Waals surface area contributed by atoms with Crippen LogP contribution in [-0.2, 0) is 158 Å². The summed E-state index contributed by atoms with van der Waals surface area (Å²) in [6.45, 7) is 5.65. The minimum Gasteiger partial charge on any atom is -0.399 e. The van der Waals surface area contributed by atoms with Crippen LogP contribution in [0.2, 0.25) is 0 Å². The van der Waals surface area contributed by atoms with Gasteiger partial charge in [-0.1, -0.05) is 13.3 Å². The van der Waals surface area contributed by atoms with Gasteiger partial charge in [0.2, 0.25) is 0 Å². The Balaban J connectivity index is -0.0000000417. The number of rotatable bonds is 2. The largest absolute Gasteiger partial charge is 2.00 e. The molecule has 3 nitrogen and oxygen atoms in total. The smallest absolute Gasteiger partial charge is 0.399 e. The van der Waals surface area contributed by atoms with Gasteiger partial charge in [-0.25, -0.2) is 0 Å². The summed E-state index contributed by atoms with van der Waals surface area (Å²) in [6.07, 6.45) is 4.40. The van der Waals surface area contributed by atoms with E-state index in [-0.39, 0.29) is 159 Å². The molecule has 0 aliphatic rings. The molecule has 0 N–H and O–H groups in total. The Labute approximate surface area is 214 Å². The average molecular weight is 690 g/mol. The van der Waals surface area contributed by atoms with E-state index >= 15 is 0 Å². The molecule has 1 rings (SSSR count). The van der Waals surface area contributed by atoms with Crippen molar-refractivity contribution in [2.45, 2.75) is 19.8 Å². The van der Waals surface area contributed by atoms with Crippen LogP contribution >= 0.6 is 0 Å². The van der Waals surface area contributed by atoms with Crippen molar-refractivity contribution in [2.75, 3.05) is 0 Å². The van der Waals surface area contributed by atoms with Crippen LogP contribution in [0.3, 0.4) is 0 Å². The first-order valence-corrected chi connectivity index (χ1v) is 3.26. The average Bonchev–Trinajstić information content (AvgIpc) is 1.88. The van der Waals surface area contributed by atoms with Gasteiger partial charge < -0.3 is 29.3 Å². The standard InChI is InChI=1S/C7H9N3.CH3.W.4Y/c1-3-4-7-9-5-8-6(2)10-7;;;;;;/h2-4H2,1H3;1H3;;;;;/q-2;-1;+2;;;;. The second-order valence-corrected chi connectivity index (χ2v) is 2.02. The summed E-state index contributed by atoms with van der Waals surface area (Å²) < 4.78 is 0. The van der Waals surface area contributed by atoms with E-state index in [2.05, 4.69) is 35.1 Å². The zero-order chi connectivity index (χ0) is 7.40. The molecule has 1 aromatic heterocycles. The van der Waals surface area contributed by atoms with E-state index < -0.39 is 0 Å². The second kappa shape index (κ2) is 24.0. The molecule has 0 saturated heterocycles. The monoisotopic (exact) mass is 690 g/mol. The third-order valence-corrected chi connectivity index (χ3v) is 1.09. The molecule has 1 heterocycles. The Morgan fingerprint density at radius 3 is 2.00 bits per heavy atom. The summed E-state index contributed by atoms with van der Waals surface area (Å²) in [5, 5.41) is 0. The zero-order valence-electron chi connectivity index (χ0n) is 9.68. The molecule has 4 radical (unpaired) electrons. The van der Waals surface area contributed by atoms with Gasteiger partial charge in [0.25, 0.3) is 0 Å². The van der Waals surface area contributed by atoms with E-state index in [1.807, 2.05) is 0 Å². The normalized spacial score (nSPS) is 6.06. The van der Waals surface area contributed by atoms with Crippen molar-refractivity contribution in [3.63, 3.8) is 0 Å². The molecule has 0 unspecified atom stereocenters. The third-order valence-electron chi connectivity index (χ3n) is 1.09. The van der Waals surface area contributed by atoms with Crippen LogP contribution in [-0.4, -0.2) is 15.0 Å². The van der Waals surface area contributed by atoms with Crippen molar-refractivity contribution < 1.29 is 152 Å². The first-order valence-electron chi connectivity index (χ1n) is 3.26. The van der Waals surface area contributed by atoms with E-state index in [0.717, 1.165) is 18.7 Å². The summed E-state index contributed by atoms with van der Waals surface area (Å²) in [7, 11) is 0. The van der Waals surface area contributed by atoms with E-state index in [1.54, 1.807) is 0 Å². The minimum absolute atomic E-state index is 0. The molecule has 0 aromatic carbocycles. The van der Waals surface area contributed by atoms with Crippen molar-refractivity contribution >= 4 is 0 Å². The van der Waals surface area contributed by atoms with Gasteiger partial charge in [0.05, 0.1) is 0 Å². The van der Waals surface area contributed by atoms with Gasteiger partial charge in [-0.05, 0) is 6.42 Å². The summed E-state index contributed by atoms with van der Waals surface area (Å²) in [6, 6.07) is 0. The van der Waals surface area contributed by atoms with Gasteiger partial charge in [0, 0.05) is 143 Å². The van der Waals surface area contributed by atoms with Crippen LogP contribution in [0.5, 0.6) is 0 Å². The van der Waals surface area contributed by atoms with Crippen LogP contribution < -0.4 is 0 Å². The van der Waals surface area contributed by atoms with Crippen molar-refractivity contribution in [2.24, 2.45) is 0 Å². The van der Waals surface area contributed by atoms with E-state index in [0.29, 0.717) is 5.82 Å². The van der Waals surface area contributed by atoms with Crippen LogP contribution in [0.1, 0.15) is 25.0 Å². The fraction of sp³-hybridized carbons (Fsp3) is 0.375. The number of hydrogen-bond donors (Lipinski definition) is 0. The summed E-state index contributed by atoms with van der Waals surface area (Å²) in [5.74, 6) is 1.28. The predicted molar refractivity (Wildman–Crippen MR) is 43.5 cm³/mol. The number of aryl methyl sites for hydroxylation is 1. The minimum atomic E-state index is 0. The maximum absolute atomic E-state index is 4.00. The summed E-state index contributed by atoms with van der Waals surface area (Å²) in [4.78, 5) is 11.5. The molecule has 0 saturated carbocycles. The first-order chi connectivity index (χ1) is 4.83. The molecule has 0 aliphatic heterocycles. The Bertz CT molecular complexity index is 228. The van der Waals surface area contributed by atoms with Crippen molar-refractivity contribution in [3.05, 3.63) is 32.3 Å². The van der Waals surface area contributed by atoms with Crippen LogP contribution in [0.15, 0.2) is 0 Å². The molecule has 0 atom stereocenters. The maximum atomic E-state index is 4.00. The van der Waals surface area contributed by atoms with Crippen LogP contribution in [0.4, 0.5) is 0 Å². The van der Waals surface area contributed by atoms with Gasteiger partial charge in [-0.2, -0.15) is 0 Å². The van der Waals surface area contributed by atoms with E-state index in [9.17, 15) is 0 Å². The molecule has 0 amide bonds. The fourth-order valence-corrected chi connectivity index (χ4v) is 0.675. The summed E-state index contributed by atoms with van der Waals surface area (Å²) in [5.41, 5.74) is 0. The molecule has 0 aliphatic carbocycles. The Morgan fingerprint density at radius 1 is 1.12 bits per heavy atom. The Hall–Kier alpha value is 3.98. The molecule has 8 heteroatoms. The van der Waals surface area contributed by atoms with Gasteiger partial charge in [0.15, 0.2) is 0 Å². The summed E-state index contributed by atoms with van der Waals surface area (Å²) >= 11 is 0. The van der Waals surface area contributed by atoms with E-state index in [4.69, 9.17) is 0 Å². The molecular formula is C8H12N3WY4-. The van der Waals surface area contributed by atoms with Crippen molar-refractivity contribution in [1.29, 1.82) is 0 Å². The van der Waals surface area contributed by atoms with Crippen molar-refractivity contribution in [3.8, 4) is 0 Å². The molecule has 78 valence electrons. The molecular weight excluding hydrogens is 678 g/mol. The van der Waals surface area contributed by atoms with Crippen LogP contribution in [0.25, 0.3) is 0 Å². The van der Waals surface area contributed by atoms with Crippen molar-refractivity contribution in [1.82, 2.24) is 15.0 Å². The zero-order valence-corrected chi connectivity index (χ0v) is 24.0. The predicted octanol–water partition coefficient (Wildman–Crippen LogP) is 1.24.